The lowest BCUT2D eigenvalue weighted by molar-refractivity contribution is -0.118. The highest BCUT2D eigenvalue weighted by Gasteiger charge is 2.39. The smallest absolute Gasteiger partial charge is 0.330 e. The van der Waals surface area contributed by atoms with E-state index >= 15 is 0 Å². The van der Waals surface area contributed by atoms with Crippen LogP contribution >= 0.6 is 0 Å². The van der Waals surface area contributed by atoms with E-state index in [0.717, 1.165) is 4.90 Å². The Hall–Kier alpha value is -2.02. The van der Waals surface area contributed by atoms with Crippen molar-refractivity contribution in [1.82, 2.24) is 0 Å². The van der Waals surface area contributed by atoms with Gasteiger partial charge in [-0.3, -0.25) is 0 Å². The van der Waals surface area contributed by atoms with E-state index in [0.29, 0.717) is 11.1 Å². The summed E-state index contributed by atoms with van der Waals surface area (Å²) in [7, 11) is -3.84. The van der Waals surface area contributed by atoms with E-state index in [1.165, 1.54) is 24.3 Å². The lowest BCUT2D eigenvalue weighted by Crippen LogP contribution is -2.34. The van der Waals surface area contributed by atoms with Crippen molar-refractivity contribution in [3.8, 4) is 0 Å². The molecule has 0 aromatic heterocycles. The predicted molar refractivity (Wildman–Crippen MR) is 80.9 cm³/mol. The van der Waals surface area contributed by atoms with Crippen molar-refractivity contribution in [1.29, 1.82) is 0 Å². The van der Waals surface area contributed by atoms with Crippen LogP contribution in [0.5, 0.6) is 0 Å². The van der Waals surface area contributed by atoms with E-state index in [-0.39, 0.29) is 21.2 Å². The van der Waals surface area contributed by atoms with Gasteiger partial charge < -0.3 is 4.90 Å². The Bertz CT molecular complexity index is 889. The number of alkyl halides is 3. The molecule has 0 saturated carbocycles. The predicted octanol–water partition coefficient (Wildman–Crippen LogP) is 4.15. The van der Waals surface area contributed by atoms with Gasteiger partial charge >= 0.3 is 6.18 Å². The zero-order valence-corrected chi connectivity index (χ0v) is 13.3. The average molecular weight is 341 g/mol. The highest BCUT2D eigenvalue weighted by molar-refractivity contribution is 7.92. The van der Waals surface area contributed by atoms with Crippen molar-refractivity contribution in [2.24, 2.45) is 0 Å². The number of halogens is 3. The Morgan fingerprint density at radius 2 is 1.52 bits per heavy atom. The summed E-state index contributed by atoms with van der Waals surface area (Å²) < 4.78 is 64.6. The summed E-state index contributed by atoms with van der Waals surface area (Å²) in [5, 5.41) is 0. The van der Waals surface area contributed by atoms with E-state index in [9.17, 15) is 21.6 Å². The molecule has 0 aliphatic carbocycles. The van der Waals surface area contributed by atoms with Crippen molar-refractivity contribution < 1.29 is 21.6 Å². The molecule has 0 unspecified atom stereocenters. The number of fused-ring (bicyclic) bond motifs is 2. The molecule has 3 rings (SSSR count). The Morgan fingerprint density at radius 1 is 0.913 bits per heavy atom. The molecule has 0 bridgehead atoms. The number of hydrogen-bond acceptors (Lipinski definition) is 3. The molecule has 1 aliphatic heterocycles. The summed E-state index contributed by atoms with van der Waals surface area (Å²) >= 11 is 0. The molecule has 7 heteroatoms. The second kappa shape index (κ2) is 4.99. The second-order valence-electron chi connectivity index (χ2n) is 5.65. The lowest BCUT2D eigenvalue weighted by atomic mass is 10.1. The van der Waals surface area contributed by atoms with Crippen LogP contribution in [0.25, 0.3) is 0 Å². The van der Waals surface area contributed by atoms with Crippen LogP contribution in [-0.4, -0.2) is 21.1 Å². The third-order valence-corrected chi connectivity index (χ3v) is 5.56. The van der Waals surface area contributed by atoms with E-state index in [1.54, 1.807) is 26.0 Å². The maximum atomic E-state index is 13.0. The number of anilines is 2. The maximum Gasteiger partial charge on any atom is 0.406 e. The fourth-order valence-corrected chi connectivity index (χ4v) is 4.45. The van der Waals surface area contributed by atoms with Crippen LogP contribution in [0.3, 0.4) is 0 Å². The van der Waals surface area contributed by atoms with Crippen molar-refractivity contribution in [3.05, 3.63) is 47.5 Å². The Kier molecular flexibility index (Phi) is 3.44. The highest BCUT2D eigenvalue weighted by atomic mass is 32.2. The third kappa shape index (κ3) is 2.69. The molecule has 2 aromatic carbocycles. The Balaban J connectivity index is 2.33. The third-order valence-electron chi connectivity index (χ3n) is 3.73. The summed E-state index contributed by atoms with van der Waals surface area (Å²) in [5.41, 5.74) is 1.50. The standard InChI is InChI=1S/C16H14F3NO2S/c1-10-4-6-14-13(7-10)20(9-16(17,18)19)12-5-3-11(2)8-15(12)23(14,21)22/h3-8H,9H2,1-2H3. The topological polar surface area (TPSA) is 37.4 Å². The normalized spacial score (nSPS) is 16.0. The second-order valence-corrected chi connectivity index (χ2v) is 7.53. The molecule has 2 aromatic rings. The molecular formula is C16H14F3NO2S. The SMILES string of the molecule is Cc1ccc2c(c1)N(CC(F)(F)F)c1ccc(C)cc1S2(=O)=O. The van der Waals surface area contributed by atoms with Crippen molar-refractivity contribution in [2.75, 3.05) is 11.4 Å². The number of sulfone groups is 1. The van der Waals surface area contributed by atoms with Gasteiger partial charge in [0.2, 0.25) is 9.84 Å². The molecule has 3 nitrogen and oxygen atoms in total. The van der Waals surface area contributed by atoms with E-state index < -0.39 is 22.6 Å². The first kappa shape index (κ1) is 15.9. The van der Waals surface area contributed by atoms with Crippen LogP contribution in [0.15, 0.2) is 46.2 Å². The van der Waals surface area contributed by atoms with Gasteiger partial charge in [0.15, 0.2) is 0 Å². The monoisotopic (exact) mass is 341 g/mol. The number of nitrogens with zero attached hydrogens (tertiary/aromatic N) is 1. The number of aryl methyl sites for hydroxylation is 2. The summed E-state index contributed by atoms with van der Waals surface area (Å²) in [6.45, 7) is 2.17. The zero-order chi connectivity index (χ0) is 17.0. The van der Waals surface area contributed by atoms with Gasteiger partial charge in [-0.05, 0) is 49.2 Å². The molecule has 23 heavy (non-hydrogen) atoms. The summed E-state index contributed by atoms with van der Waals surface area (Å²) in [5.74, 6) is 0. The van der Waals surface area contributed by atoms with Gasteiger partial charge in [-0.1, -0.05) is 12.1 Å². The van der Waals surface area contributed by atoms with Gasteiger partial charge in [0.05, 0.1) is 21.2 Å². The minimum Gasteiger partial charge on any atom is -0.330 e. The fourth-order valence-electron chi connectivity index (χ4n) is 2.72. The molecule has 0 amide bonds. The Morgan fingerprint density at radius 3 is 2.17 bits per heavy atom. The molecule has 0 spiro atoms. The van der Waals surface area contributed by atoms with Crippen LogP contribution < -0.4 is 4.90 Å². The molecule has 122 valence electrons. The van der Waals surface area contributed by atoms with E-state index in [1.807, 2.05) is 0 Å². The van der Waals surface area contributed by atoms with Crippen LogP contribution in [0, 0.1) is 13.8 Å². The molecule has 0 fully saturated rings. The molecule has 1 heterocycles. The van der Waals surface area contributed by atoms with Crippen LogP contribution in [0.1, 0.15) is 11.1 Å². The van der Waals surface area contributed by atoms with Gasteiger partial charge in [0.1, 0.15) is 6.54 Å². The highest BCUT2D eigenvalue weighted by Crippen LogP contribution is 2.45. The van der Waals surface area contributed by atoms with Gasteiger partial charge in [-0.15, -0.1) is 0 Å². The lowest BCUT2D eigenvalue weighted by Gasteiger charge is -2.33. The van der Waals surface area contributed by atoms with E-state index in [4.69, 9.17) is 0 Å². The van der Waals surface area contributed by atoms with Crippen LogP contribution in [0.2, 0.25) is 0 Å². The van der Waals surface area contributed by atoms with Crippen molar-refractivity contribution >= 4 is 21.2 Å². The Labute approximate surface area is 132 Å². The molecule has 0 radical (unpaired) electrons. The van der Waals surface area contributed by atoms with Crippen molar-refractivity contribution in [3.63, 3.8) is 0 Å². The largest absolute Gasteiger partial charge is 0.406 e. The minimum absolute atomic E-state index is 0.0611. The molecule has 0 atom stereocenters. The minimum atomic E-state index is -4.45. The zero-order valence-electron chi connectivity index (χ0n) is 12.5. The molecule has 1 aliphatic rings. The van der Waals surface area contributed by atoms with Crippen molar-refractivity contribution in [2.45, 2.75) is 29.8 Å². The maximum absolute atomic E-state index is 13.0. The number of benzene rings is 2. The molecular weight excluding hydrogens is 327 g/mol. The van der Waals surface area contributed by atoms with Crippen LogP contribution in [-0.2, 0) is 9.84 Å². The average Bonchev–Trinajstić information content (AvgIpc) is 2.42. The summed E-state index contributed by atoms with van der Waals surface area (Å²) in [6, 6.07) is 8.88. The van der Waals surface area contributed by atoms with Crippen LogP contribution in [0.4, 0.5) is 24.5 Å². The van der Waals surface area contributed by atoms with Gasteiger partial charge in [-0.25, -0.2) is 8.42 Å². The van der Waals surface area contributed by atoms with Gasteiger partial charge in [0, 0.05) is 0 Å². The number of rotatable bonds is 1. The number of hydrogen-bond donors (Lipinski definition) is 0. The summed E-state index contributed by atoms with van der Waals surface area (Å²) in [4.78, 5) is 0.849. The first-order valence-corrected chi connectivity index (χ1v) is 8.38. The molecule has 0 N–H and O–H groups in total. The molecule has 0 saturated heterocycles. The van der Waals surface area contributed by atoms with Gasteiger partial charge in [0.25, 0.3) is 0 Å². The van der Waals surface area contributed by atoms with E-state index in [2.05, 4.69) is 0 Å². The van der Waals surface area contributed by atoms with Gasteiger partial charge in [-0.2, -0.15) is 13.2 Å². The first-order chi connectivity index (χ1) is 10.6. The quantitative estimate of drug-likeness (QED) is 0.782. The fraction of sp³-hybridized carbons (Fsp3) is 0.250. The summed E-state index contributed by atoms with van der Waals surface area (Å²) in [6.07, 6.45) is -4.45. The first-order valence-electron chi connectivity index (χ1n) is 6.90.